The fraction of sp³-hybridized carbons (Fsp3) is 0.571. The second-order valence-electron chi connectivity index (χ2n) is 7.90. The predicted molar refractivity (Wildman–Crippen MR) is 108 cm³/mol. The van der Waals surface area contributed by atoms with Crippen LogP contribution < -0.4 is 10.6 Å². The lowest BCUT2D eigenvalue weighted by molar-refractivity contribution is 0.191. The summed E-state index contributed by atoms with van der Waals surface area (Å²) in [5, 5.41) is 10.7. The number of carbonyl (C=O) groups is 1. The Morgan fingerprint density at radius 1 is 1.11 bits per heavy atom. The Bertz CT molecular complexity index is 781. The van der Waals surface area contributed by atoms with Crippen LogP contribution in [0.5, 0.6) is 0 Å². The van der Waals surface area contributed by atoms with Gasteiger partial charge in [0.2, 0.25) is 0 Å². The first-order valence-corrected chi connectivity index (χ1v) is 10.4. The van der Waals surface area contributed by atoms with Gasteiger partial charge in [0.25, 0.3) is 0 Å². The maximum atomic E-state index is 12.5. The predicted octanol–water partition coefficient (Wildman–Crippen LogP) is 2.43. The summed E-state index contributed by atoms with van der Waals surface area (Å²) < 4.78 is 1.93. The van der Waals surface area contributed by atoms with E-state index in [1.807, 2.05) is 11.6 Å². The summed E-state index contributed by atoms with van der Waals surface area (Å²) in [6, 6.07) is 10.8. The zero-order chi connectivity index (χ0) is 19.3. The first kappa shape index (κ1) is 18.9. The number of carbonyl (C=O) groups excluding carboxylic acids is 1. The van der Waals surface area contributed by atoms with Crippen molar-refractivity contribution in [2.75, 3.05) is 19.6 Å². The van der Waals surface area contributed by atoms with Crippen LogP contribution in [-0.4, -0.2) is 51.4 Å². The Balaban J connectivity index is 1.20. The highest BCUT2D eigenvalue weighted by Gasteiger charge is 2.26. The van der Waals surface area contributed by atoms with Crippen LogP contribution >= 0.6 is 0 Å². The van der Waals surface area contributed by atoms with Crippen LogP contribution in [0.2, 0.25) is 0 Å². The summed E-state index contributed by atoms with van der Waals surface area (Å²) in [7, 11) is 0. The molecule has 2 aromatic rings. The summed E-state index contributed by atoms with van der Waals surface area (Å²) in [5.41, 5.74) is 1.39. The second kappa shape index (κ2) is 8.73. The van der Waals surface area contributed by atoms with Gasteiger partial charge in [-0.1, -0.05) is 30.3 Å². The molecular weight excluding hydrogens is 352 g/mol. The highest BCUT2D eigenvalue weighted by Crippen LogP contribution is 2.23. The fourth-order valence-corrected chi connectivity index (χ4v) is 4.22. The topological polar surface area (TPSA) is 75.1 Å². The van der Waals surface area contributed by atoms with Crippen molar-refractivity contribution in [2.45, 2.75) is 57.7 Å². The van der Waals surface area contributed by atoms with Crippen LogP contribution in [0, 0.1) is 6.92 Å². The van der Waals surface area contributed by atoms with Gasteiger partial charge in [0.15, 0.2) is 0 Å². The smallest absolute Gasteiger partial charge is 0.315 e. The highest BCUT2D eigenvalue weighted by atomic mass is 16.2. The number of aromatic nitrogens is 3. The number of rotatable bonds is 5. The maximum Gasteiger partial charge on any atom is 0.315 e. The Morgan fingerprint density at radius 3 is 2.68 bits per heavy atom. The third-order valence-electron chi connectivity index (χ3n) is 5.77. The number of urea groups is 1. The molecule has 0 spiro atoms. The van der Waals surface area contributed by atoms with E-state index in [2.05, 4.69) is 55.9 Å². The molecule has 2 aliphatic rings. The van der Waals surface area contributed by atoms with Gasteiger partial charge in [0, 0.05) is 32.2 Å². The van der Waals surface area contributed by atoms with Crippen LogP contribution in [0.15, 0.2) is 30.3 Å². The molecular formula is C21H30N6O. The molecule has 0 aliphatic carbocycles. The van der Waals surface area contributed by atoms with Crippen molar-refractivity contribution in [1.29, 1.82) is 0 Å². The summed E-state index contributed by atoms with van der Waals surface area (Å²) in [6.07, 6.45) is 5.02. The largest absolute Gasteiger partial charge is 0.335 e. The van der Waals surface area contributed by atoms with Gasteiger partial charge in [0.1, 0.15) is 11.6 Å². The van der Waals surface area contributed by atoms with E-state index in [1.54, 1.807) is 0 Å². The van der Waals surface area contributed by atoms with E-state index >= 15 is 0 Å². The first-order chi connectivity index (χ1) is 13.7. The summed E-state index contributed by atoms with van der Waals surface area (Å²) in [4.78, 5) is 19.5. The molecule has 2 aliphatic heterocycles. The van der Waals surface area contributed by atoms with E-state index in [4.69, 9.17) is 0 Å². The van der Waals surface area contributed by atoms with Crippen LogP contribution in [0.1, 0.15) is 48.9 Å². The molecule has 1 fully saturated rings. The Hall–Kier alpha value is -2.41. The molecule has 7 heteroatoms. The number of aryl methyl sites for hydroxylation is 2. The van der Waals surface area contributed by atoms with Gasteiger partial charge in [-0.15, -0.1) is 0 Å². The van der Waals surface area contributed by atoms with Crippen molar-refractivity contribution in [2.24, 2.45) is 0 Å². The first-order valence-electron chi connectivity index (χ1n) is 10.4. The number of hydrogen-bond donors (Lipinski definition) is 2. The number of likely N-dealkylation sites (tertiary alicyclic amines) is 1. The van der Waals surface area contributed by atoms with Crippen LogP contribution in [0.4, 0.5) is 4.79 Å². The van der Waals surface area contributed by atoms with Crippen LogP contribution in [0.3, 0.4) is 0 Å². The van der Waals surface area contributed by atoms with Crippen LogP contribution in [0.25, 0.3) is 0 Å². The molecule has 0 radical (unpaired) electrons. The quantitative estimate of drug-likeness (QED) is 0.833. The third kappa shape index (κ3) is 4.70. The molecule has 0 saturated carbocycles. The second-order valence-corrected chi connectivity index (χ2v) is 7.90. The maximum absolute atomic E-state index is 12.5. The van der Waals surface area contributed by atoms with E-state index in [-0.39, 0.29) is 18.1 Å². The standard InChI is InChI=1S/C21H30N6O/c1-16-22-20-19(8-5-12-27(20)25-16)24-21(28)23-18-10-14-26(15-11-18)13-9-17-6-3-2-4-7-17/h2-4,6-7,18-19H,5,8-15H2,1H3,(H2,23,24,28). The molecule has 1 aromatic carbocycles. The number of hydrogen-bond acceptors (Lipinski definition) is 4. The van der Waals surface area contributed by atoms with Gasteiger partial charge >= 0.3 is 6.03 Å². The molecule has 1 atom stereocenters. The SMILES string of the molecule is Cc1nc2n(n1)CCCC2NC(=O)NC1CCN(CCc2ccccc2)CC1. The molecule has 150 valence electrons. The molecule has 1 saturated heterocycles. The zero-order valence-electron chi connectivity index (χ0n) is 16.6. The third-order valence-corrected chi connectivity index (χ3v) is 5.77. The van der Waals surface area contributed by atoms with Gasteiger partial charge in [-0.25, -0.2) is 14.5 Å². The number of nitrogens with zero attached hydrogens (tertiary/aromatic N) is 4. The monoisotopic (exact) mass is 382 g/mol. The average Bonchev–Trinajstić information content (AvgIpc) is 3.09. The minimum Gasteiger partial charge on any atom is -0.335 e. The molecule has 2 N–H and O–H groups in total. The van der Waals surface area contributed by atoms with Crippen molar-refractivity contribution in [3.05, 3.63) is 47.5 Å². The highest BCUT2D eigenvalue weighted by molar-refractivity contribution is 5.74. The number of benzene rings is 1. The Labute approximate surface area is 166 Å². The summed E-state index contributed by atoms with van der Waals surface area (Å²) in [5.74, 6) is 1.65. The molecule has 4 rings (SSSR count). The van der Waals surface area contributed by atoms with Gasteiger partial charge in [-0.3, -0.25) is 0 Å². The van der Waals surface area contributed by atoms with Gasteiger partial charge in [-0.05, 0) is 44.6 Å². The number of fused-ring (bicyclic) bond motifs is 1. The molecule has 3 heterocycles. The molecule has 1 aromatic heterocycles. The Morgan fingerprint density at radius 2 is 1.89 bits per heavy atom. The molecule has 2 amide bonds. The molecule has 0 bridgehead atoms. The minimum atomic E-state index is -0.0816. The number of piperidine rings is 1. The van der Waals surface area contributed by atoms with Crippen LogP contribution in [-0.2, 0) is 13.0 Å². The zero-order valence-corrected chi connectivity index (χ0v) is 16.6. The normalized spacial score (nSPS) is 20.5. The van der Waals surface area contributed by atoms with Gasteiger partial charge < -0.3 is 15.5 Å². The van der Waals surface area contributed by atoms with Crippen molar-refractivity contribution >= 4 is 6.03 Å². The number of amides is 2. The van der Waals surface area contributed by atoms with E-state index in [1.165, 1.54) is 5.56 Å². The minimum absolute atomic E-state index is 0.0408. The van der Waals surface area contributed by atoms with E-state index in [0.717, 1.165) is 69.9 Å². The lowest BCUT2D eigenvalue weighted by atomic mass is 10.0. The fourth-order valence-electron chi connectivity index (χ4n) is 4.22. The average molecular weight is 383 g/mol. The molecule has 7 nitrogen and oxygen atoms in total. The van der Waals surface area contributed by atoms with E-state index < -0.39 is 0 Å². The van der Waals surface area contributed by atoms with E-state index in [0.29, 0.717) is 0 Å². The summed E-state index contributed by atoms with van der Waals surface area (Å²) in [6.45, 7) is 5.94. The van der Waals surface area contributed by atoms with Gasteiger partial charge in [-0.2, -0.15) is 5.10 Å². The van der Waals surface area contributed by atoms with Crippen molar-refractivity contribution in [3.8, 4) is 0 Å². The lowest BCUT2D eigenvalue weighted by Crippen LogP contribution is -2.49. The molecule has 1 unspecified atom stereocenters. The Kier molecular flexibility index (Phi) is 5.90. The van der Waals surface area contributed by atoms with Crippen molar-refractivity contribution in [1.82, 2.24) is 30.3 Å². The molecule has 28 heavy (non-hydrogen) atoms. The summed E-state index contributed by atoms with van der Waals surface area (Å²) >= 11 is 0. The van der Waals surface area contributed by atoms with Gasteiger partial charge in [0.05, 0.1) is 6.04 Å². The number of nitrogens with one attached hydrogen (secondary N) is 2. The lowest BCUT2D eigenvalue weighted by Gasteiger charge is -2.33. The van der Waals surface area contributed by atoms with Crippen molar-refractivity contribution in [3.63, 3.8) is 0 Å². The van der Waals surface area contributed by atoms with E-state index in [9.17, 15) is 4.79 Å². The van der Waals surface area contributed by atoms with Crippen molar-refractivity contribution < 1.29 is 4.79 Å².